The Morgan fingerprint density at radius 2 is 1.94 bits per heavy atom. The highest BCUT2D eigenvalue weighted by Gasteiger charge is 1.89. The van der Waals surface area contributed by atoms with Crippen molar-refractivity contribution in [2.45, 2.75) is 0 Å². The summed E-state index contributed by atoms with van der Waals surface area (Å²) in [5.74, 6) is 0.854. The average Bonchev–Trinajstić information content (AvgIpc) is 2.77. The van der Waals surface area contributed by atoms with E-state index in [-0.39, 0.29) is 5.75 Å². The van der Waals surface area contributed by atoms with Crippen LogP contribution in [0.1, 0.15) is 11.3 Å². The number of benzene rings is 1. The first kappa shape index (κ1) is 10.2. The van der Waals surface area contributed by atoms with Crippen LogP contribution in [0.2, 0.25) is 0 Å². The minimum atomic E-state index is 0.207. The molecular weight excluding hydrogens is 204 g/mol. The summed E-state index contributed by atoms with van der Waals surface area (Å²) >= 11 is 0. The van der Waals surface area contributed by atoms with Crippen molar-refractivity contribution in [3.63, 3.8) is 0 Å². The maximum absolute atomic E-state index is 9.20. The summed E-state index contributed by atoms with van der Waals surface area (Å²) in [6.45, 7) is 0. The van der Waals surface area contributed by atoms with Crippen LogP contribution >= 0.6 is 0 Å². The maximum Gasteiger partial charge on any atom is 0.146 e. The first-order chi connectivity index (χ1) is 7.84. The molecule has 0 aliphatic rings. The molecule has 0 bridgehead atoms. The van der Waals surface area contributed by atoms with Crippen LogP contribution in [0.4, 0.5) is 0 Å². The van der Waals surface area contributed by atoms with E-state index in [1.165, 1.54) is 6.21 Å². The molecule has 0 aliphatic heterocycles. The molecule has 0 atom stereocenters. The van der Waals surface area contributed by atoms with Crippen molar-refractivity contribution in [3.8, 4) is 5.75 Å². The number of furan rings is 1. The monoisotopic (exact) mass is 214 g/mol. The predicted octanol–water partition coefficient (Wildman–Crippen LogP) is 2.44. The lowest BCUT2D eigenvalue weighted by atomic mass is 10.2. The van der Waals surface area contributed by atoms with Gasteiger partial charge in [0.05, 0.1) is 18.7 Å². The molecule has 4 heteroatoms. The van der Waals surface area contributed by atoms with Crippen LogP contribution in [-0.2, 0) is 0 Å². The highest BCUT2D eigenvalue weighted by atomic mass is 16.3. The highest BCUT2D eigenvalue weighted by molar-refractivity contribution is 5.81. The molecule has 0 aliphatic carbocycles. The van der Waals surface area contributed by atoms with Crippen molar-refractivity contribution >= 4 is 12.4 Å². The number of phenols is 1. The van der Waals surface area contributed by atoms with E-state index in [1.54, 1.807) is 42.8 Å². The number of phenolic OH excluding ortho intramolecular Hbond substituents is 1. The number of hydrogen-bond acceptors (Lipinski definition) is 4. The second-order valence-electron chi connectivity index (χ2n) is 3.10. The Morgan fingerprint density at radius 1 is 1.06 bits per heavy atom. The van der Waals surface area contributed by atoms with Crippen LogP contribution in [0.15, 0.2) is 57.3 Å². The third-order valence-electron chi connectivity index (χ3n) is 1.87. The molecule has 2 rings (SSSR count). The van der Waals surface area contributed by atoms with E-state index >= 15 is 0 Å². The van der Waals surface area contributed by atoms with E-state index < -0.39 is 0 Å². The molecule has 80 valence electrons. The molecular formula is C12H10N2O2. The van der Waals surface area contributed by atoms with Gasteiger partial charge in [0.2, 0.25) is 0 Å². The van der Waals surface area contributed by atoms with Crippen LogP contribution in [0.25, 0.3) is 0 Å². The Balaban J connectivity index is 2.00. The van der Waals surface area contributed by atoms with Gasteiger partial charge in [0, 0.05) is 0 Å². The zero-order valence-electron chi connectivity index (χ0n) is 8.45. The van der Waals surface area contributed by atoms with Gasteiger partial charge in [0.25, 0.3) is 0 Å². The van der Waals surface area contributed by atoms with Gasteiger partial charge >= 0.3 is 0 Å². The molecule has 1 heterocycles. The molecule has 0 unspecified atom stereocenters. The Hall–Kier alpha value is -2.36. The third kappa shape index (κ3) is 2.81. The normalized spacial score (nSPS) is 11.5. The van der Waals surface area contributed by atoms with Crippen LogP contribution < -0.4 is 0 Å². The summed E-state index contributed by atoms with van der Waals surface area (Å²) in [5, 5.41) is 16.8. The first-order valence-electron chi connectivity index (χ1n) is 4.73. The minimum absolute atomic E-state index is 0.207. The van der Waals surface area contributed by atoms with Gasteiger partial charge in [-0.1, -0.05) is 12.1 Å². The van der Waals surface area contributed by atoms with E-state index in [9.17, 15) is 5.11 Å². The van der Waals surface area contributed by atoms with Crippen molar-refractivity contribution in [2.24, 2.45) is 10.2 Å². The number of rotatable bonds is 3. The molecule has 4 nitrogen and oxygen atoms in total. The summed E-state index contributed by atoms with van der Waals surface area (Å²) in [4.78, 5) is 0. The van der Waals surface area contributed by atoms with Crippen molar-refractivity contribution in [1.82, 2.24) is 0 Å². The van der Waals surface area contributed by atoms with E-state index in [0.717, 1.165) is 5.56 Å². The number of nitrogens with zero attached hydrogens (tertiary/aromatic N) is 2. The van der Waals surface area contributed by atoms with E-state index in [4.69, 9.17) is 4.42 Å². The molecule has 0 radical (unpaired) electrons. The fraction of sp³-hybridized carbons (Fsp3) is 0. The topological polar surface area (TPSA) is 58.1 Å². The summed E-state index contributed by atoms with van der Waals surface area (Å²) in [6.07, 6.45) is 4.64. The minimum Gasteiger partial charge on any atom is -0.508 e. The highest BCUT2D eigenvalue weighted by Crippen LogP contribution is 2.08. The summed E-state index contributed by atoms with van der Waals surface area (Å²) in [5.41, 5.74) is 0.789. The van der Waals surface area contributed by atoms with Crippen molar-refractivity contribution in [3.05, 3.63) is 54.0 Å². The molecule has 0 saturated heterocycles. The Morgan fingerprint density at radius 3 is 2.69 bits per heavy atom. The van der Waals surface area contributed by atoms with Crippen LogP contribution in [0.3, 0.4) is 0 Å². The van der Waals surface area contributed by atoms with E-state index in [2.05, 4.69) is 10.2 Å². The molecule has 16 heavy (non-hydrogen) atoms. The Labute approximate surface area is 92.6 Å². The molecule has 2 aromatic rings. The van der Waals surface area contributed by atoms with Gasteiger partial charge in [-0.05, 0) is 29.8 Å². The zero-order chi connectivity index (χ0) is 11.2. The summed E-state index contributed by atoms with van der Waals surface area (Å²) in [6, 6.07) is 10.3. The van der Waals surface area contributed by atoms with Gasteiger partial charge in [-0.2, -0.15) is 10.2 Å². The van der Waals surface area contributed by atoms with Gasteiger partial charge in [-0.15, -0.1) is 0 Å². The molecule has 1 N–H and O–H groups in total. The van der Waals surface area contributed by atoms with Gasteiger partial charge < -0.3 is 9.52 Å². The van der Waals surface area contributed by atoms with Crippen LogP contribution in [0, 0.1) is 0 Å². The molecule has 0 fully saturated rings. The summed E-state index contributed by atoms with van der Waals surface area (Å²) in [7, 11) is 0. The molecule has 1 aromatic carbocycles. The zero-order valence-corrected chi connectivity index (χ0v) is 8.45. The fourth-order valence-electron chi connectivity index (χ4n) is 1.16. The SMILES string of the molecule is Oc1cccc(/C=N/N=C/c2ccco2)c1. The molecule has 1 aromatic heterocycles. The van der Waals surface area contributed by atoms with Crippen molar-refractivity contribution in [1.29, 1.82) is 0 Å². The van der Waals surface area contributed by atoms with Crippen molar-refractivity contribution < 1.29 is 9.52 Å². The predicted molar refractivity (Wildman–Crippen MR) is 62.0 cm³/mol. The Kier molecular flexibility index (Phi) is 3.13. The standard InChI is InChI=1S/C12H10N2O2/c15-11-4-1-3-10(7-11)8-13-14-9-12-5-2-6-16-12/h1-9,15H/b13-8+,14-9+. The smallest absolute Gasteiger partial charge is 0.146 e. The van der Waals surface area contributed by atoms with Gasteiger partial charge in [-0.25, -0.2) is 0 Å². The third-order valence-corrected chi connectivity index (χ3v) is 1.87. The van der Waals surface area contributed by atoms with Crippen LogP contribution in [-0.4, -0.2) is 17.5 Å². The number of aromatic hydroxyl groups is 1. The lowest BCUT2D eigenvalue weighted by Gasteiger charge is -1.91. The fourth-order valence-corrected chi connectivity index (χ4v) is 1.16. The molecule has 0 saturated carbocycles. The largest absolute Gasteiger partial charge is 0.508 e. The number of hydrogen-bond donors (Lipinski definition) is 1. The maximum atomic E-state index is 9.20. The average molecular weight is 214 g/mol. The Bertz CT molecular complexity index is 501. The lowest BCUT2D eigenvalue weighted by molar-refractivity contribution is 0.475. The summed E-state index contributed by atoms with van der Waals surface area (Å²) < 4.78 is 5.04. The van der Waals surface area contributed by atoms with E-state index in [0.29, 0.717) is 5.76 Å². The van der Waals surface area contributed by atoms with Gasteiger partial charge in [0.1, 0.15) is 11.5 Å². The van der Waals surface area contributed by atoms with Gasteiger partial charge in [-0.3, -0.25) is 0 Å². The van der Waals surface area contributed by atoms with Gasteiger partial charge in [0.15, 0.2) is 0 Å². The van der Waals surface area contributed by atoms with E-state index in [1.807, 2.05) is 6.07 Å². The van der Waals surface area contributed by atoms with Crippen molar-refractivity contribution in [2.75, 3.05) is 0 Å². The first-order valence-corrected chi connectivity index (χ1v) is 4.73. The molecule has 0 amide bonds. The quantitative estimate of drug-likeness (QED) is 0.630. The molecule has 0 spiro atoms. The van der Waals surface area contributed by atoms with Crippen LogP contribution in [0.5, 0.6) is 5.75 Å². The second-order valence-corrected chi connectivity index (χ2v) is 3.10. The second kappa shape index (κ2) is 4.93. The lowest BCUT2D eigenvalue weighted by Crippen LogP contribution is -1.79.